The molecular formula is HClO4Zn+2. The molecule has 0 aromatic carbocycles. The average molecular weight is 166 g/mol. The van der Waals surface area contributed by atoms with Gasteiger partial charge in [-0.1, -0.05) is 0 Å². The predicted molar refractivity (Wildman–Crippen MR) is 2.22 cm³/mol. The van der Waals surface area contributed by atoms with E-state index < -0.39 is 10.2 Å². The summed E-state index contributed by atoms with van der Waals surface area (Å²) in [6, 6.07) is 0. The SMILES string of the molecule is [O-][Cl+3]([O-])([O-])O.[Zn+2]. The maximum absolute atomic E-state index is 8.60. The molecule has 0 bridgehead atoms. The minimum atomic E-state index is -4.69. The van der Waals surface area contributed by atoms with Crippen molar-refractivity contribution in [1.82, 2.24) is 0 Å². The van der Waals surface area contributed by atoms with Gasteiger partial charge in [0.1, 0.15) is 0 Å². The van der Waals surface area contributed by atoms with Gasteiger partial charge >= 0.3 is 19.5 Å². The first-order chi connectivity index (χ1) is 2.00. The Morgan fingerprint density at radius 2 is 1.17 bits per heavy atom. The quantitative estimate of drug-likeness (QED) is 0.370. The third kappa shape index (κ3) is 118. The third-order valence-corrected chi connectivity index (χ3v) is 0. The molecule has 0 aliphatic carbocycles. The summed E-state index contributed by atoms with van der Waals surface area (Å²) >= 11 is 0. The maximum atomic E-state index is 8.60. The van der Waals surface area contributed by atoms with Gasteiger partial charge in [-0.15, -0.1) is 0 Å². The van der Waals surface area contributed by atoms with Crippen LogP contribution in [0.3, 0.4) is 0 Å². The first-order valence-corrected chi connectivity index (χ1v) is 1.90. The van der Waals surface area contributed by atoms with Crippen molar-refractivity contribution in [3.8, 4) is 0 Å². The molecule has 0 spiro atoms. The molecule has 0 aliphatic heterocycles. The van der Waals surface area contributed by atoms with Crippen LogP contribution in [-0.4, -0.2) is 4.66 Å². The second-order valence-corrected chi connectivity index (χ2v) is 1.19. The Bertz CT molecular complexity index is 23.0. The van der Waals surface area contributed by atoms with Crippen LogP contribution >= 0.6 is 0 Å². The minimum Gasteiger partial charge on any atom is -0.183 e. The van der Waals surface area contributed by atoms with E-state index in [0.29, 0.717) is 0 Å². The number of hydrogen-bond acceptors (Lipinski definition) is 4. The molecule has 6 heteroatoms. The fourth-order valence-electron chi connectivity index (χ4n) is 0. The summed E-state index contributed by atoms with van der Waals surface area (Å²) in [5.74, 6) is 0. The zero-order chi connectivity index (χ0) is 4.50. The summed E-state index contributed by atoms with van der Waals surface area (Å²) in [4.78, 5) is 0. The molecule has 32 valence electrons. The first kappa shape index (κ1) is 9.89. The minimum absolute atomic E-state index is 0. The van der Waals surface area contributed by atoms with E-state index in [0.717, 1.165) is 0 Å². The molecule has 0 atom stereocenters. The average Bonchev–Trinajstić information content (AvgIpc) is 0.722. The van der Waals surface area contributed by atoms with Gasteiger partial charge < -0.3 is 0 Å². The van der Waals surface area contributed by atoms with E-state index in [-0.39, 0.29) is 19.5 Å². The smallest absolute Gasteiger partial charge is 0.183 e. The van der Waals surface area contributed by atoms with E-state index in [2.05, 4.69) is 0 Å². The fourth-order valence-corrected chi connectivity index (χ4v) is 0. The van der Waals surface area contributed by atoms with Crippen molar-refractivity contribution >= 4 is 0 Å². The van der Waals surface area contributed by atoms with Gasteiger partial charge in [-0.3, -0.25) is 0 Å². The second-order valence-electron chi connectivity index (χ2n) is 0.396. The van der Waals surface area contributed by atoms with Gasteiger partial charge in [-0.05, 0) is 0 Å². The molecule has 0 heterocycles. The van der Waals surface area contributed by atoms with Gasteiger partial charge in [0, 0.05) is 0 Å². The zero-order valence-electron chi connectivity index (χ0n) is 2.76. The number of hydrogen-bond donors (Lipinski definition) is 1. The maximum Gasteiger partial charge on any atom is 2.00 e. The Morgan fingerprint density at radius 3 is 1.17 bits per heavy atom. The van der Waals surface area contributed by atoms with Crippen LogP contribution in [0.1, 0.15) is 0 Å². The van der Waals surface area contributed by atoms with Crippen LogP contribution in [0.15, 0.2) is 0 Å². The molecule has 1 N–H and O–H groups in total. The standard InChI is InChI=1S/ClHO4.Zn/c2-1(3,4)5;/h(H,2,3,4,5);/q;+2. The molecule has 0 unspecified atom stereocenters. The molecule has 0 radical (unpaired) electrons. The molecule has 6 heavy (non-hydrogen) atoms. The number of halogens is 1. The second kappa shape index (κ2) is 2.85. The van der Waals surface area contributed by atoms with Gasteiger partial charge in [-0.2, -0.15) is 14.0 Å². The van der Waals surface area contributed by atoms with Crippen LogP contribution in [0.25, 0.3) is 0 Å². The van der Waals surface area contributed by atoms with Crippen molar-refractivity contribution in [2.75, 3.05) is 0 Å². The van der Waals surface area contributed by atoms with Crippen molar-refractivity contribution in [1.29, 1.82) is 0 Å². The summed E-state index contributed by atoms with van der Waals surface area (Å²) in [5, 5.41) is 0. The first-order valence-electron chi connectivity index (χ1n) is 0.632. The monoisotopic (exact) mass is 164 g/mol. The van der Waals surface area contributed by atoms with Crippen LogP contribution < -0.4 is 14.0 Å². The van der Waals surface area contributed by atoms with Crippen molar-refractivity contribution in [3.63, 3.8) is 0 Å². The van der Waals surface area contributed by atoms with Crippen LogP contribution in [-0.2, 0) is 19.5 Å². The Hall–Kier alpha value is 0.753. The van der Waals surface area contributed by atoms with Crippen LogP contribution in [0.5, 0.6) is 0 Å². The van der Waals surface area contributed by atoms with E-state index in [9.17, 15) is 0 Å². The van der Waals surface area contributed by atoms with E-state index >= 15 is 0 Å². The van der Waals surface area contributed by atoms with Crippen LogP contribution in [0, 0.1) is 10.2 Å². The van der Waals surface area contributed by atoms with Crippen molar-refractivity contribution in [2.24, 2.45) is 0 Å². The van der Waals surface area contributed by atoms with E-state index in [1.54, 1.807) is 0 Å². The fraction of sp³-hybridized carbons (Fsp3) is 0. The van der Waals surface area contributed by atoms with Gasteiger partial charge in [0.05, 0.1) is 14.9 Å². The Kier molecular flexibility index (Phi) is 4.70. The third-order valence-electron chi connectivity index (χ3n) is 0. The molecule has 0 saturated carbocycles. The normalized spacial score (nSPS) is 10.0. The van der Waals surface area contributed by atoms with Crippen LogP contribution in [0.4, 0.5) is 0 Å². The summed E-state index contributed by atoms with van der Waals surface area (Å²) < 4.78 is 32.7. The molecular weight excluding hydrogens is 165 g/mol. The molecule has 0 aliphatic rings. The molecule has 0 saturated heterocycles. The Morgan fingerprint density at radius 1 is 1.17 bits per heavy atom. The van der Waals surface area contributed by atoms with E-state index in [1.807, 2.05) is 0 Å². The van der Waals surface area contributed by atoms with Crippen molar-refractivity contribution in [3.05, 3.63) is 0 Å². The predicted octanol–water partition coefficient (Wildman–Crippen LogP) is -4.13. The van der Waals surface area contributed by atoms with Gasteiger partial charge in [0.25, 0.3) is 0 Å². The Balaban J connectivity index is 0. The summed E-state index contributed by atoms with van der Waals surface area (Å²) in [7, 11) is -4.69. The zero-order valence-corrected chi connectivity index (χ0v) is 6.48. The van der Waals surface area contributed by atoms with Crippen molar-refractivity contribution < 1.29 is 48.4 Å². The van der Waals surface area contributed by atoms with Gasteiger partial charge in [0.2, 0.25) is 0 Å². The summed E-state index contributed by atoms with van der Waals surface area (Å²) in [6.45, 7) is 0. The number of rotatable bonds is 0. The molecule has 0 rings (SSSR count). The largest absolute Gasteiger partial charge is 2.00 e. The van der Waals surface area contributed by atoms with Crippen molar-refractivity contribution in [2.45, 2.75) is 0 Å². The molecule has 0 aromatic heterocycles. The van der Waals surface area contributed by atoms with Gasteiger partial charge in [-0.25, -0.2) is 0 Å². The van der Waals surface area contributed by atoms with E-state index in [1.165, 1.54) is 0 Å². The molecule has 0 aromatic rings. The molecule has 0 amide bonds. The van der Waals surface area contributed by atoms with Gasteiger partial charge in [0.15, 0.2) is 0 Å². The molecule has 4 nitrogen and oxygen atoms in total. The summed E-state index contributed by atoms with van der Waals surface area (Å²) in [5.41, 5.74) is 0. The van der Waals surface area contributed by atoms with E-state index in [4.69, 9.17) is 18.6 Å². The van der Waals surface area contributed by atoms with Crippen LogP contribution in [0.2, 0.25) is 0 Å². The molecule has 0 fully saturated rings. The summed E-state index contributed by atoms with van der Waals surface area (Å²) in [6.07, 6.45) is 0. The Labute approximate surface area is 48.9 Å². The topological polar surface area (TPSA) is 89.4 Å².